The normalized spacial score (nSPS) is 17.9. The third-order valence-electron chi connectivity index (χ3n) is 4.27. The van der Waals surface area contributed by atoms with Gasteiger partial charge in [0.25, 0.3) is 0 Å². The molecule has 10 radical (unpaired) electrons. The van der Waals surface area contributed by atoms with Gasteiger partial charge in [0.15, 0.2) is 0 Å². The Kier molecular flexibility index (Phi) is 10.1. The van der Waals surface area contributed by atoms with Crippen LogP contribution in [0, 0.1) is 63.4 Å². The number of rotatable bonds is 4. The van der Waals surface area contributed by atoms with E-state index in [-0.39, 0.29) is 17.1 Å². The molecule has 2 saturated carbocycles. The molecule has 0 heterocycles. The van der Waals surface area contributed by atoms with Crippen molar-refractivity contribution in [2.75, 3.05) is 0 Å². The molecule has 138 valence electrons. The molecule has 0 saturated heterocycles. The molecule has 0 aromatic heterocycles. The quantitative estimate of drug-likeness (QED) is 0.452. The van der Waals surface area contributed by atoms with Crippen molar-refractivity contribution in [3.05, 3.63) is 124 Å². The van der Waals surface area contributed by atoms with E-state index in [1.54, 1.807) is 0 Å². The van der Waals surface area contributed by atoms with Crippen molar-refractivity contribution < 1.29 is 17.1 Å². The van der Waals surface area contributed by atoms with E-state index in [4.69, 9.17) is 0 Å². The van der Waals surface area contributed by atoms with Gasteiger partial charge in [-0.2, -0.15) is 0 Å². The second-order valence-corrected chi connectivity index (χ2v) is 8.68. The molecule has 0 N–H and O–H groups in total. The second-order valence-electron chi connectivity index (χ2n) is 6.49. The molecular weight excluding hydrogens is 387 g/mol. The Morgan fingerprint density at radius 1 is 0.630 bits per heavy atom. The summed E-state index contributed by atoms with van der Waals surface area (Å²) in [7, 11) is -0.462. The smallest absolute Gasteiger partial charge is 0.0161 e. The van der Waals surface area contributed by atoms with Crippen LogP contribution in [0.15, 0.2) is 54.6 Å². The van der Waals surface area contributed by atoms with Crippen molar-refractivity contribution in [3.8, 4) is 0 Å². The number of benzene rings is 2. The molecule has 27 heavy (non-hydrogen) atoms. The maximum Gasteiger partial charge on any atom is 0.0161 e. The molecule has 1 atom stereocenters. The van der Waals surface area contributed by atoms with Gasteiger partial charge in [-0.1, -0.05) is 68.4 Å². The SMILES string of the molecule is CC(C)c1ccccc1[P@@]([C]1[CH][CH][CH][CH]1)c1ccccc1.[CH]1[CH][CH][CH][CH]1.[Fe]. The fraction of sp³-hybridized carbons (Fsp3) is 0.120. The Balaban J connectivity index is 0.000000379. The van der Waals surface area contributed by atoms with Crippen molar-refractivity contribution in [2.45, 2.75) is 19.8 Å². The molecule has 0 bridgehead atoms. The van der Waals surface area contributed by atoms with Crippen LogP contribution in [0.5, 0.6) is 0 Å². The van der Waals surface area contributed by atoms with Crippen LogP contribution in [0.2, 0.25) is 0 Å². The van der Waals surface area contributed by atoms with E-state index in [1.807, 2.05) is 32.1 Å². The van der Waals surface area contributed by atoms with Gasteiger partial charge in [-0.3, -0.25) is 0 Å². The molecule has 0 unspecified atom stereocenters. The fourth-order valence-electron chi connectivity index (χ4n) is 3.02. The van der Waals surface area contributed by atoms with Crippen molar-refractivity contribution in [1.82, 2.24) is 0 Å². The zero-order valence-corrected chi connectivity index (χ0v) is 17.8. The Morgan fingerprint density at radius 3 is 1.70 bits per heavy atom. The van der Waals surface area contributed by atoms with Gasteiger partial charge in [0, 0.05) is 22.7 Å². The van der Waals surface area contributed by atoms with E-state index >= 15 is 0 Å². The molecule has 2 fully saturated rings. The molecular formula is C25H25FeP. The fourth-order valence-corrected chi connectivity index (χ4v) is 5.64. The van der Waals surface area contributed by atoms with Gasteiger partial charge in [-0.05, 0) is 87.8 Å². The maximum absolute atomic E-state index is 2.31. The van der Waals surface area contributed by atoms with E-state index in [1.165, 1.54) is 21.8 Å². The van der Waals surface area contributed by atoms with Crippen molar-refractivity contribution in [1.29, 1.82) is 0 Å². The average Bonchev–Trinajstić information content (AvgIpc) is 3.40. The first-order chi connectivity index (χ1) is 12.8. The van der Waals surface area contributed by atoms with Gasteiger partial charge in [-0.25, -0.2) is 0 Å². The molecule has 0 spiro atoms. The molecule has 4 rings (SSSR count). The summed E-state index contributed by atoms with van der Waals surface area (Å²) < 4.78 is 0. The minimum absolute atomic E-state index is 0. The molecule has 2 aromatic rings. The molecule has 2 aromatic carbocycles. The van der Waals surface area contributed by atoms with Crippen molar-refractivity contribution in [3.63, 3.8) is 0 Å². The summed E-state index contributed by atoms with van der Waals surface area (Å²) >= 11 is 0. The third-order valence-corrected chi connectivity index (χ3v) is 6.79. The van der Waals surface area contributed by atoms with Crippen molar-refractivity contribution >= 4 is 18.5 Å². The van der Waals surface area contributed by atoms with Gasteiger partial charge in [0.1, 0.15) is 0 Å². The standard InChI is InChI=1S/C20H20P.C5H5.Fe/c1-16(2)19-14-8-9-15-20(19)21(18-12-6-7-13-18)17-10-4-3-5-11-17;1-2-4-5-3-1;/h3-16H,1-2H3;1-5H;/t21-;;/m1../s1. The predicted molar refractivity (Wildman–Crippen MR) is 115 cm³/mol. The molecule has 0 aliphatic heterocycles. The zero-order valence-electron chi connectivity index (χ0n) is 15.8. The first kappa shape index (κ1) is 22.7. The van der Waals surface area contributed by atoms with Crippen molar-refractivity contribution in [2.24, 2.45) is 0 Å². The molecule has 2 aliphatic rings. The molecule has 2 heteroatoms. The summed E-state index contributed by atoms with van der Waals surface area (Å²) in [5, 5.41) is 2.91. The summed E-state index contributed by atoms with van der Waals surface area (Å²) in [6.45, 7) is 4.56. The minimum Gasteiger partial charge on any atom is -0.0622 e. The van der Waals surface area contributed by atoms with Crippen LogP contribution < -0.4 is 10.6 Å². The second kappa shape index (κ2) is 12.1. The van der Waals surface area contributed by atoms with Crippen LogP contribution >= 0.6 is 7.92 Å². The summed E-state index contributed by atoms with van der Waals surface area (Å²) in [5.74, 6) is 0.546. The van der Waals surface area contributed by atoms with Crippen LogP contribution in [-0.4, -0.2) is 0 Å². The largest absolute Gasteiger partial charge is 0.0622 e. The van der Waals surface area contributed by atoms with Crippen LogP contribution in [0.3, 0.4) is 0 Å². The number of hydrogen-bond donors (Lipinski definition) is 0. The summed E-state index contributed by atoms with van der Waals surface area (Å²) in [4.78, 5) is 0. The molecule has 2 aliphatic carbocycles. The van der Waals surface area contributed by atoms with Gasteiger partial charge in [0.2, 0.25) is 0 Å². The van der Waals surface area contributed by atoms with Crippen LogP contribution in [0.4, 0.5) is 0 Å². The van der Waals surface area contributed by atoms with Crippen LogP contribution in [0.1, 0.15) is 25.3 Å². The Morgan fingerprint density at radius 2 is 1.15 bits per heavy atom. The maximum atomic E-state index is 2.31. The monoisotopic (exact) mass is 412 g/mol. The third kappa shape index (κ3) is 6.45. The Bertz CT molecular complexity index is 635. The van der Waals surface area contributed by atoms with E-state index in [9.17, 15) is 0 Å². The first-order valence-corrected chi connectivity index (χ1v) is 10.4. The zero-order chi connectivity index (χ0) is 18.2. The number of hydrogen-bond acceptors (Lipinski definition) is 0. The first-order valence-electron chi connectivity index (χ1n) is 9.10. The Labute approximate surface area is 178 Å². The predicted octanol–water partition coefficient (Wildman–Crippen LogP) is 5.62. The van der Waals surface area contributed by atoms with Gasteiger partial charge < -0.3 is 0 Å². The van der Waals surface area contributed by atoms with E-state index in [0.29, 0.717) is 5.92 Å². The van der Waals surface area contributed by atoms with Gasteiger partial charge in [-0.15, -0.1) is 0 Å². The topological polar surface area (TPSA) is 0 Å². The van der Waals surface area contributed by atoms with E-state index in [2.05, 4.69) is 94.1 Å². The summed E-state index contributed by atoms with van der Waals surface area (Å²) in [5.41, 5.74) is 2.90. The van der Waals surface area contributed by atoms with Crippen LogP contribution in [-0.2, 0) is 17.1 Å². The average molecular weight is 412 g/mol. The van der Waals surface area contributed by atoms with Gasteiger partial charge >= 0.3 is 0 Å². The van der Waals surface area contributed by atoms with E-state index < -0.39 is 7.92 Å². The van der Waals surface area contributed by atoms with E-state index in [0.717, 1.165) is 0 Å². The summed E-state index contributed by atoms with van der Waals surface area (Å²) in [6, 6.07) is 19.8. The van der Waals surface area contributed by atoms with Gasteiger partial charge in [0.05, 0.1) is 0 Å². The van der Waals surface area contributed by atoms with Crippen LogP contribution in [0.25, 0.3) is 0 Å². The summed E-state index contributed by atoms with van der Waals surface area (Å²) in [6.07, 6.45) is 18.8. The Hall–Kier alpha value is -0.611. The molecule has 0 nitrogen and oxygen atoms in total. The minimum atomic E-state index is -0.462. The molecule has 0 amide bonds.